The van der Waals surface area contributed by atoms with Crippen LogP contribution in [0.5, 0.6) is 0 Å². The SMILES string of the molecule is C1CC2C3CCC(C3)C2C1.C=CC(=O)OC.C=CC(=O)OC.C=CC(=O)OCCn1c(=O)n(CCOC(=O)C=C)c(=O)n(CCOC(=O)C=C)c1=O. The Hall–Kier alpha value is -5.54. The molecule has 4 rings (SSSR count). The van der Waals surface area contributed by atoms with Crippen LogP contribution in [0.3, 0.4) is 0 Å². The summed E-state index contributed by atoms with van der Waals surface area (Å²) < 4.78 is 24.6. The molecular weight excluding hydrogens is 682 g/mol. The van der Waals surface area contributed by atoms with E-state index in [1.54, 1.807) is 38.5 Å². The zero-order chi connectivity index (χ0) is 39.2. The molecule has 4 unspecified atom stereocenters. The maximum Gasteiger partial charge on any atom is 0.336 e. The van der Waals surface area contributed by atoms with Crippen LogP contribution in [0, 0.1) is 23.7 Å². The number of nitrogens with zero attached hydrogens (tertiary/aromatic N) is 3. The van der Waals surface area contributed by atoms with E-state index in [1.807, 2.05) is 0 Å². The number of esters is 5. The van der Waals surface area contributed by atoms with Crippen molar-refractivity contribution >= 4 is 29.8 Å². The summed E-state index contributed by atoms with van der Waals surface area (Å²) >= 11 is 0. The summed E-state index contributed by atoms with van der Waals surface area (Å²) in [4.78, 5) is 90.8. The van der Waals surface area contributed by atoms with Gasteiger partial charge in [0, 0.05) is 30.4 Å². The molecule has 1 heterocycles. The first kappa shape index (κ1) is 44.5. The molecule has 2 bridgehead atoms. The van der Waals surface area contributed by atoms with E-state index in [9.17, 15) is 38.4 Å². The fourth-order valence-corrected chi connectivity index (χ4v) is 6.33. The van der Waals surface area contributed by atoms with Gasteiger partial charge < -0.3 is 23.7 Å². The Morgan fingerprint density at radius 3 is 1.06 bits per heavy atom. The summed E-state index contributed by atoms with van der Waals surface area (Å²) in [5.74, 6) is 1.73. The number of fused-ring (bicyclic) bond motifs is 5. The number of carbonyl (C=O) groups is 5. The van der Waals surface area contributed by atoms with Crippen molar-refractivity contribution in [3.05, 3.63) is 94.7 Å². The van der Waals surface area contributed by atoms with Gasteiger partial charge in [0.15, 0.2) is 0 Å². The fourth-order valence-electron chi connectivity index (χ4n) is 6.33. The molecule has 0 amide bonds. The first-order valence-electron chi connectivity index (χ1n) is 16.6. The number of hydrogen-bond donors (Lipinski definition) is 0. The normalized spacial score (nSPS) is 18.4. The average Bonchev–Trinajstić information content (AvgIpc) is 3.93. The predicted octanol–water partition coefficient (Wildman–Crippen LogP) is 1.88. The summed E-state index contributed by atoms with van der Waals surface area (Å²) in [7, 11) is 2.62. The highest BCUT2D eigenvalue weighted by Gasteiger charge is 2.48. The maximum atomic E-state index is 12.6. The van der Waals surface area contributed by atoms with Crippen molar-refractivity contribution in [1.82, 2.24) is 13.7 Å². The Bertz CT molecular complexity index is 1440. The van der Waals surface area contributed by atoms with Crippen molar-refractivity contribution in [2.45, 2.75) is 58.2 Å². The van der Waals surface area contributed by atoms with Gasteiger partial charge in [-0.15, -0.1) is 0 Å². The van der Waals surface area contributed by atoms with E-state index in [4.69, 9.17) is 14.2 Å². The monoisotopic (exact) mass is 731 g/mol. The molecule has 1 aromatic rings. The third kappa shape index (κ3) is 14.0. The van der Waals surface area contributed by atoms with Crippen molar-refractivity contribution in [2.75, 3.05) is 34.0 Å². The number of methoxy groups -OCH3 is 2. The Kier molecular flexibility index (Phi) is 20.3. The van der Waals surface area contributed by atoms with Crippen LogP contribution in [0.2, 0.25) is 0 Å². The van der Waals surface area contributed by atoms with Crippen LogP contribution in [0.15, 0.2) is 77.7 Å². The standard InChI is InChI=1S/C18H21N3O9.C10H16.2C4H6O2/c1-4-13(22)28-10-7-19-16(25)20(8-11-29-14(23)5-2)18(27)21(17(19)26)9-12-30-15(24)6-3;1-2-9-7-4-5-8(6-7)10(9)3-1;2*1-3-4(5)6-2/h4-6H,1-3,7-12H2;7-10H,1-6H2;2*3H,1H2,2H3. The number of rotatable bonds is 14. The lowest BCUT2D eigenvalue weighted by Gasteiger charge is -2.23. The number of carbonyl (C=O) groups excluding carboxylic acids is 5. The molecule has 286 valence electrons. The average molecular weight is 732 g/mol. The molecule has 4 atom stereocenters. The second-order valence-electron chi connectivity index (χ2n) is 11.5. The first-order valence-corrected chi connectivity index (χ1v) is 16.6. The molecule has 0 radical (unpaired) electrons. The Morgan fingerprint density at radius 1 is 0.538 bits per heavy atom. The quantitative estimate of drug-likeness (QED) is 0.153. The van der Waals surface area contributed by atoms with Crippen molar-refractivity contribution in [3.8, 4) is 0 Å². The summed E-state index contributed by atoms with van der Waals surface area (Å²) in [5, 5.41) is 0. The van der Waals surface area contributed by atoms with E-state index in [-0.39, 0.29) is 39.5 Å². The molecule has 0 aliphatic heterocycles. The number of hydrogen-bond acceptors (Lipinski definition) is 13. The van der Waals surface area contributed by atoms with Crippen LogP contribution in [0.1, 0.15) is 38.5 Å². The lowest BCUT2D eigenvalue weighted by atomic mass is 9.82. The van der Waals surface area contributed by atoms with Crippen LogP contribution in [0.25, 0.3) is 0 Å². The fraction of sp³-hybridized carbons (Fsp3) is 0.500. The molecule has 52 heavy (non-hydrogen) atoms. The van der Waals surface area contributed by atoms with Crippen LogP contribution >= 0.6 is 0 Å². The van der Waals surface area contributed by atoms with E-state index in [0.29, 0.717) is 13.7 Å². The van der Waals surface area contributed by atoms with E-state index in [1.165, 1.54) is 37.9 Å². The molecule has 0 aromatic carbocycles. The second kappa shape index (κ2) is 23.8. The highest BCUT2D eigenvalue weighted by atomic mass is 16.5. The van der Waals surface area contributed by atoms with Gasteiger partial charge in [0.2, 0.25) is 0 Å². The van der Waals surface area contributed by atoms with E-state index >= 15 is 0 Å². The maximum absolute atomic E-state index is 12.6. The molecule has 3 aliphatic rings. The molecule has 0 saturated heterocycles. The predicted molar refractivity (Wildman–Crippen MR) is 189 cm³/mol. The van der Waals surface area contributed by atoms with Gasteiger partial charge in [-0.2, -0.15) is 0 Å². The smallest absolute Gasteiger partial charge is 0.336 e. The van der Waals surface area contributed by atoms with Crippen molar-refractivity contribution in [1.29, 1.82) is 0 Å². The van der Waals surface area contributed by atoms with Crippen molar-refractivity contribution in [2.24, 2.45) is 23.7 Å². The first-order chi connectivity index (χ1) is 24.8. The van der Waals surface area contributed by atoms with Gasteiger partial charge in [-0.05, 0) is 55.8 Å². The van der Waals surface area contributed by atoms with Crippen LogP contribution in [-0.2, 0) is 67.3 Å². The minimum absolute atomic E-state index is 0.338. The molecule has 16 nitrogen and oxygen atoms in total. The molecule has 3 saturated carbocycles. The Balaban J connectivity index is 0.000000485. The summed E-state index contributed by atoms with van der Waals surface area (Å²) in [6, 6.07) is 0. The lowest BCUT2D eigenvalue weighted by Crippen LogP contribution is -2.55. The Morgan fingerprint density at radius 2 is 0.827 bits per heavy atom. The lowest BCUT2D eigenvalue weighted by molar-refractivity contribution is -0.138. The van der Waals surface area contributed by atoms with Crippen molar-refractivity contribution in [3.63, 3.8) is 0 Å². The van der Waals surface area contributed by atoms with Gasteiger partial charge in [0.1, 0.15) is 19.8 Å². The zero-order valence-corrected chi connectivity index (χ0v) is 29.9. The van der Waals surface area contributed by atoms with Gasteiger partial charge in [0.25, 0.3) is 0 Å². The third-order valence-electron chi connectivity index (χ3n) is 8.65. The molecule has 16 heteroatoms. The molecule has 0 N–H and O–H groups in total. The van der Waals surface area contributed by atoms with Crippen LogP contribution in [-0.4, -0.2) is 77.6 Å². The minimum Gasteiger partial charge on any atom is -0.466 e. The molecule has 1 aromatic heterocycles. The van der Waals surface area contributed by atoms with E-state index in [2.05, 4.69) is 42.4 Å². The van der Waals surface area contributed by atoms with E-state index in [0.717, 1.165) is 30.4 Å². The molecule has 3 fully saturated rings. The van der Waals surface area contributed by atoms with E-state index < -0.39 is 46.9 Å². The largest absolute Gasteiger partial charge is 0.466 e. The Labute approximate surface area is 301 Å². The van der Waals surface area contributed by atoms with Crippen LogP contribution in [0.4, 0.5) is 0 Å². The second-order valence-corrected chi connectivity index (χ2v) is 11.5. The topological polar surface area (TPSA) is 198 Å². The van der Waals surface area contributed by atoms with Crippen LogP contribution < -0.4 is 17.1 Å². The van der Waals surface area contributed by atoms with Gasteiger partial charge in [-0.3, -0.25) is 0 Å². The molecular formula is C36H49N3O13. The highest BCUT2D eigenvalue weighted by molar-refractivity contribution is 5.82. The third-order valence-corrected chi connectivity index (χ3v) is 8.65. The summed E-state index contributed by atoms with van der Waals surface area (Å²) in [5.41, 5.74) is -2.98. The van der Waals surface area contributed by atoms with Gasteiger partial charge >= 0.3 is 46.9 Å². The van der Waals surface area contributed by atoms with Gasteiger partial charge in [-0.1, -0.05) is 39.3 Å². The van der Waals surface area contributed by atoms with Gasteiger partial charge in [0.05, 0.1) is 33.9 Å². The highest BCUT2D eigenvalue weighted by Crippen LogP contribution is 2.58. The van der Waals surface area contributed by atoms with Crippen molar-refractivity contribution < 1.29 is 47.7 Å². The summed E-state index contributed by atoms with van der Waals surface area (Å²) in [6.07, 6.45) is 14.5. The molecule has 3 aliphatic carbocycles. The molecule has 0 spiro atoms. The number of ether oxygens (including phenoxy) is 5. The van der Waals surface area contributed by atoms with Gasteiger partial charge in [-0.25, -0.2) is 52.1 Å². The zero-order valence-electron chi connectivity index (χ0n) is 29.9. The minimum atomic E-state index is -0.992. The number of aromatic nitrogens is 3. The summed E-state index contributed by atoms with van der Waals surface area (Å²) in [6.45, 7) is 13.9.